The van der Waals surface area contributed by atoms with Crippen molar-refractivity contribution in [2.24, 2.45) is 0 Å². The van der Waals surface area contributed by atoms with E-state index in [1.54, 1.807) is 14.2 Å². The smallest absolute Gasteiger partial charge is 0.275 e. The first-order valence-corrected chi connectivity index (χ1v) is 9.53. The second kappa shape index (κ2) is 8.91. The highest BCUT2D eigenvalue weighted by Gasteiger charge is 2.34. The fourth-order valence-corrected chi connectivity index (χ4v) is 3.93. The number of ether oxygens (including phenoxy) is 2. The first-order valence-electron chi connectivity index (χ1n) is 9.53. The summed E-state index contributed by atoms with van der Waals surface area (Å²) in [6.07, 6.45) is 2.14. The molecular weight excluding hydrogens is 340 g/mol. The lowest BCUT2D eigenvalue weighted by Gasteiger charge is -2.24. The largest absolute Gasteiger partial charge is 0.497 e. The van der Waals surface area contributed by atoms with Crippen molar-refractivity contribution in [1.82, 2.24) is 5.32 Å². The van der Waals surface area contributed by atoms with Crippen molar-refractivity contribution in [3.8, 4) is 11.5 Å². The minimum atomic E-state index is 0.00510. The summed E-state index contributed by atoms with van der Waals surface area (Å²) in [5, 5.41) is 3.13. The molecule has 5 heteroatoms. The molecule has 1 heterocycles. The van der Waals surface area contributed by atoms with E-state index in [0.717, 1.165) is 42.0 Å². The van der Waals surface area contributed by atoms with Gasteiger partial charge in [0, 0.05) is 12.8 Å². The zero-order chi connectivity index (χ0) is 19.2. The molecule has 1 amide bonds. The second-order valence-electron chi connectivity index (χ2n) is 7.09. The van der Waals surface area contributed by atoms with Crippen LogP contribution in [0.15, 0.2) is 48.5 Å². The number of quaternary nitrogens is 1. The summed E-state index contributed by atoms with van der Waals surface area (Å²) in [6.45, 7) is 3.47. The molecule has 144 valence electrons. The molecule has 1 unspecified atom stereocenters. The Labute approximate surface area is 161 Å². The number of hydrogen-bond donors (Lipinski definition) is 2. The highest BCUT2D eigenvalue weighted by atomic mass is 16.5. The van der Waals surface area contributed by atoms with Crippen molar-refractivity contribution in [1.29, 1.82) is 0 Å². The number of carbonyl (C=O) groups excluding carboxylic acids is 1. The lowest BCUT2D eigenvalue weighted by molar-refractivity contribution is -0.910. The van der Waals surface area contributed by atoms with Crippen LogP contribution < -0.4 is 19.7 Å². The highest BCUT2D eigenvalue weighted by Crippen LogP contribution is 2.31. The molecule has 0 aromatic heterocycles. The minimum Gasteiger partial charge on any atom is -0.497 e. The molecular formula is C22H29N2O3+. The zero-order valence-electron chi connectivity index (χ0n) is 16.3. The third-order valence-electron chi connectivity index (χ3n) is 5.36. The Kier molecular flexibility index (Phi) is 6.35. The molecule has 2 aromatic carbocycles. The van der Waals surface area contributed by atoms with Crippen LogP contribution in [0.5, 0.6) is 11.5 Å². The van der Waals surface area contributed by atoms with Crippen LogP contribution in [0, 0.1) is 0 Å². The zero-order valence-corrected chi connectivity index (χ0v) is 16.3. The van der Waals surface area contributed by atoms with Crippen molar-refractivity contribution in [2.75, 3.05) is 27.3 Å². The molecule has 2 N–H and O–H groups in total. The summed E-state index contributed by atoms with van der Waals surface area (Å²) < 4.78 is 11.0. The number of benzene rings is 2. The average molecular weight is 369 g/mol. The number of amides is 1. The van der Waals surface area contributed by atoms with Gasteiger partial charge in [-0.05, 0) is 30.7 Å². The van der Waals surface area contributed by atoms with Crippen LogP contribution in [0.3, 0.4) is 0 Å². The molecule has 27 heavy (non-hydrogen) atoms. The summed E-state index contributed by atoms with van der Waals surface area (Å²) >= 11 is 0. The van der Waals surface area contributed by atoms with Gasteiger partial charge in [0.1, 0.15) is 17.5 Å². The van der Waals surface area contributed by atoms with Gasteiger partial charge in [-0.2, -0.15) is 0 Å². The number of carbonyl (C=O) groups is 1. The fourth-order valence-electron chi connectivity index (χ4n) is 3.93. The van der Waals surface area contributed by atoms with Crippen LogP contribution in [-0.2, 0) is 4.79 Å². The molecule has 3 rings (SSSR count). The third-order valence-corrected chi connectivity index (χ3v) is 5.36. The molecule has 2 aromatic rings. The molecule has 1 saturated heterocycles. The Morgan fingerprint density at radius 1 is 1.19 bits per heavy atom. The van der Waals surface area contributed by atoms with Gasteiger partial charge in [0.05, 0.1) is 32.4 Å². The Hall–Kier alpha value is -2.53. The molecule has 0 aliphatic carbocycles. The van der Waals surface area contributed by atoms with Crippen molar-refractivity contribution in [2.45, 2.75) is 31.8 Å². The van der Waals surface area contributed by atoms with Gasteiger partial charge in [-0.3, -0.25) is 4.79 Å². The second-order valence-corrected chi connectivity index (χ2v) is 7.09. The highest BCUT2D eigenvalue weighted by molar-refractivity contribution is 5.77. The van der Waals surface area contributed by atoms with Crippen molar-refractivity contribution < 1.29 is 19.2 Å². The Bertz CT molecular complexity index is 763. The van der Waals surface area contributed by atoms with E-state index in [9.17, 15) is 4.79 Å². The fraction of sp³-hybridized carbons (Fsp3) is 0.409. The lowest BCUT2D eigenvalue weighted by Crippen LogP contribution is -3.11. The van der Waals surface area contributed by atoms with Crippen LogP contribution >= 0.6 is 0 Å². The number of likely N-dealkylation sites (tertiary alicyclic amines) is 1. The summed E-state index contributed by atoms with van der Waals surface area (Å²) in [4.78, 5) is 13.9. The van der Waals surface area contributed by atoms with Gasteiger partial charge in [0.15, 0.2) is 6.54 Å². The van der Waals surface area contributed by atoms with E-state index in [0.29, 0.717) is 6.54 Å². The number of hydrogen-bond acceptors (Lipinski definition) is 3. The van der Waals surface area contributed by atoms with Gasteiger partial charge in [-0.15, -0.1) is 0 Å². The van der Waals surface area contributed by atoms with E-state index >= 15 is 0 Å². The molecule has 0 radical (unpaired) electrons. The molecule has 1 aliphatic rings. The van der Waals surface area contributed by atoms with Crippen LogP contribution in [0.2, 0.25) is 0 Å². The topological polar surface area (TPSA) is 52.0 Å². The first-order chi connectivity index (χ1) is 13.1. The van der Waals surface area contributed by atoms with E-state index in [4.69, 9.17) is 9.47 Å². The van der Waals surface area contributed by atoms with Crippen LogP contribution in [-0.4, -0.2) is 33.2 Å². The predicted molar refractivity (Wildman–Crippen MR) is 105 cm³/mol. The number of rotatable bonds is 7. The lowest BCUT2D eigenvalue weighted by atomic mass is 10.0. The summed E-state index contributed by atoms with van der Waals surface area (Å²) in [5.41, 5.74) is 2.24. The van der Waals surface area contributed by atoms with E-state index < -0.39 is 0 Å². The maximum atomic E-state index is 12.6. The van der Waals surface area contributed by atoms with Gasteiger partial charge in [-0.25, -0.2) is 0 Å². The molecule has 1 aliphatic heterocycles. The summed E-state index contributed by atoms with van der Waals surface area (Å²) in [7, 11) is 3.36. The number of nitrogens with one attached hydrogen (secondary N) is 2. The van der Waals surface area contributed by atoms with Crippen molar-refractivity contribution in [3.05, 3.63) is 59.7 Å². The maximum Gasteiger partial charge on any atom is 0.275 e. The van der Waals surface area contributed by atoms with Gasteiger partial charge >= 0.3 is 0 Å². The van der Waals surface area contributed by atoms with E-state index in [2.05, 4.69) is 5.32 Å². The van der Waals surface area contributed by atoms with Crippen molar-refractivity contribution in [3.63, 3.8) is 0 Å². The standard InChI is InChI=1S/C22H28N2O3/c1-16(17-8-5-4-6-9-17)23-22(25)15-24-13-7-10-20(24)19-14-18(26-2)11-12-21(19)27-3/h4-6,8-9,11-12,14,16,20H,7,10,13,15H2,1-3H3,(H,23,25)/p+1/t16-,20-/m1/s1. The van der Waals surface area contributed by atoms with Gasteiger partial charge in [0.2, 0.25) is 0 Å². The normalized spacial score (nSPS) is 20.1. The molecule has 0 saturated carbocycles. The Balaban J connectivity index is 1.69. The Morgan fingerprint density at radius 3 is 2.67 bits per heavy atom. The van der Waals surface area contributed by atoms with E-state index in [1.807, 2.05) is 55.5 Å². The maximum absolute atomic E-state index is 12.6. The predicted octanol–water partition coefficient (Wildman–Crippen LogP) is 2.30. The van der Waals surface area contributed by atoms with E-state index in [-0.39, 0.29) is 18.0 Å². The minimum absolute atomic E-state index is 0.00510. The summed E-state index contributed by atoms with van der Waals surface area (Å²) in [5.74, 6) is 1.76. The molecule has 5 nitrogen and oxygen atoms in total. The van der Waals surface area contributed by atoms with E-state index in [1.165, 1.54) is 4.90 Å². The summed E-state index contributed by atoms with van der Waals surface area (Å²) in [6, 6.07) is 16.2. The molecule has 3 atom stereocenters. The molecule has 0 bridgehead atoms. The SMILES string of the molecule is COc1ccc(OC)c([C@H]2CCC[NH+]2CC(=O)N[C@H](C)c2ccccc2)c1. The van der Waals surface area contributed by atoms with Crippen LogP contribution in [0.1, 0.15) is 43.0 Å². The van der Waals surface area contributed by atoms with Crippen LogP contribution in [0.4, 0.5) is 0 Å². The monoisotopic (exact) mass is 369 g/mol. The number of methoxy groups -OCH3 is 2. The van der Waals surface area contributed by atoms with Crippen molar-refractivity contribution >= 4 is 5.91 Å². The van der Waals surface area contributed by atoms with Gasteiger partial charge in [-0.1, -0.05) is 30.3 Å². The molecule has 1 fully saturated rings. The van der Waals surface area contributed by atoms with Gasteiger partial charge < -0.3 is 19.7 Å². The molecule has 0 spiro atoms. The van der Waals surface area contributed by atoms with Crippen LogP contribution in [0.25, 0.3) is 0 Å². The Morgan fingerprint density at radius 2 is 1.96 bits per heavy atom. The third kappa shape index (κ3) is 4.61. The first kappa shape index (κ1) is 19.2. The average Bonchev–Trinajstić information content (AvgIpc) is 3.15. The quantitative estimate of drug-likeness (QED) is 0.787. The van der Waals surface area contributed by atoms with Gasteiger partial charge in [0.25, 0.3) is 5.91 Å².